The SMILES string of the molecule is COc1ccc(F)c(NC(C)c2cc(C)c(C)cc2C)c1. The molecule has 2 rings (SSSR count). The number of anilines is 1. The summed E-state index contributed by atoms with van der Waals surface area (Å²) in [5.74, 6) is 0.368. The molecule has 1 atom stereocenters. The fourth-order valence-electron chi connectivity index (χ4n) is 2.50. The number of methoxy groups -OCH3 is 1. The number of hydrogen-bond acceptors (Lipinski definition) is 2. The van der Waals surface area contributed by atoms with E-state index in [0.29, 0.717) is 11.4 Å². The van der Waals surface area contributed by atoms with Gasteiger partial charge in [0.2, 0.25) is 0 Å². The van der Waals surface area contributed by atoms with E-state index in [1.54, 1.807) is 19.2 Å². The quantitative estimate of drug-likeness (QED) is 0.860. The molecule has 0 amide bonds. The van der Waals surface area contributed by atoms with Gasteiger partial charge >= 0.3 is 0 Å². The molecule has 0 saturated carbocycles. The zero-order chi connectivity index (χ0) is 15.6. The third-order valence-electron chi connectivity index (χ3n) is 3.89. The van der Waals surface area contributed by atoms with Crippen LogP contribution in [-0.2, 0) is 0 Å². The fraction of sp³-hybridized carbons (Fsp3) is 0.333. The van der Waals surface area contributed by atoms with Crippen LogP contribution in [0.5, 0.6) is 5.75 Å². The first-order chi connectivity index (χ1) is 9.92. The van der Waals surface area contributed by atoms with Crippen LogP contribution >= 0.6 is 0 Å². The van der Waals surface area contributed by atoms with Crippen LogP contribution < -0.4 is 10.1 Å². The van der Waals surface area contributed by atoms with Crippen molar-refractivity contribution in [1.29, 1.82) is 0 Å². The number of benzene rings is 2. The molecule has 2 aromatic rings. The Morgan fingerprint density at radius 3 is 2.33 bits per heavy atom. The Balaban J connectivity index is 2.30. The summed E-state index contributed by atoms with van der Waals surface area (Å²) in [4.78, 5) is 0. The molecule has 0 radical (unpaired) electrons. The van der Waals surface area contributed by atoms with Crippen LogP contribution in [0.1, 0.15) is 35.2 Å². The third kappa shape index (κ3) is 3.35. The van der Waals surface area contributed by atoms with E-state index in [9.17, 15) is 4.39 Å². The van der Waals surface area contributed by atoms with Gasteiger partial charge in [0.15, 0.2) is 0 Å². The molecule has 0 saturated heterocycles. The molecule has 1 N–H and O–H groups in total. The van der Waals surface area contributed by atoms with Gasteiger partial charge in [-0.3, -0.25) is 0 Å². The molecule has 112 valence electrons. The number of hydrogen-bond donors (Lipinski definition) is 1. The Morgan fingerprint density at radius 1 is 1.00 bits per heavy atom. The lowest BCUT2D eigenvalue weighted by molar-refractivity contribution is 0.414. The second-order valence-electron chi connectivity index (χ2n) is 5.50. The van der Waals surface area contributed by atoms with Crippen LogP contribution in [0.4, 0.5) is 10.1 Å². The van der Waals surface area contributed by atoms with E-state index in [4.69, 9.17) is 4.74 Å². The van der Waals surface area contributed by atoms with Crippen molar-refractivity contribution in [3.8, 4) is 5.75 Å². The fourth-order valence-corrected chi connectivity index (χ4v) is 2.50. The predicted molar refractivity (Wildman–Crippen MR) is 85.6 cm³/mol. The van der Waals surface area contributed by atoms with Crippen molar-refractivity contribution in [3.05, 3.63) is 58.4 Å². The molecule has 0 fully saturated rings. The van der Waals surface area contributed by atoms with Gasteiger partial charge in [-0.15, -0.1) is 0 Å². The molecule has 0 aliphatic heterocycles. The maximum atomic E-state index is 13.9. The Kier molecular flexibility index (Phi) is 4.51. The van der Waals surface area contributed by atoms with E-state index < -0.39 is 0 Å². The number of aryl methyl sites for hydroxylation is 3. The van der Waals surface area contributed by atoms with Crippen molar-refractivity contribution in [2.75, 3.05) is 12.4 Å². The summed E-state index contributed by atoms with van der Waals surface area (Å²) < 4.78 is 19.1. The normalized spacial score (nSPS) is 12.1. The van der Waals surface area contributed by atoms with Crippen molar-refractivity contribution >= 4 is 5.69 Å². The van der Waals surface area contributed by atoms with Crippen LogP contribution in [0, 0.1) is 26.6 Å². The first-order valence-electron chi connectivity index (χ1n) is 7.10. The van der Waals surface area contributed by atoms with Crippen molar-refractivity contribution < 1.29 is 9.13 Å². The molecule has 0 heterocycles. The summed E-state index contributed by atoms with van der Waals surface area (Å²) in [5, 5.41) is 3.23. The van der Waals surface area contributed by atoms with Gasteiger partial charge in [-0.25, -0.2) is 4.39 Å². The lowest BCUT2D eigenvalue weighted by Crippen LogP contribution is -2.10. The van der Waals surface area contributed by atoms with E-state index in [2.05, 4.69) is 38.2 Å². The lowest BCUT2D eigenvalue weighted by Gasteiger charge is -2.20. The lowest BCUT2D eigenvalue weighted by atomic mass is 9.96. The highest BCUT2D eigenvalue weighted by Crippen LogP contribution is 2.28. The number of halogens is 1. The smallest absolute Gasteiger partial charge is 0.146 e. The van der Waals surface area contributed by atoms with Gasteiger partial charge in [0.25, 0.3) is 0 Å². The molecule has 0 aliphatic carbocycles. The Labute approximate surface area is 126 Å². The maximum Gasteiger partial charge on any atom is 0.146 e. The van der Waals surface area contributed by atoms with E-state index in [0.717, 1.165) is 0 Å². The highest BCUT2D eigenvalue weighted by molar-refractivity contribution is 5.52. The van der Waals surface area contributed by atoms with Gasteiger partial charge in [0.05, 0.1) is 12.8 Å². The molecular formula is C18H22FNO. The van der Waals surface area contributed by atoms with Gasteiger partial charge < -0.3 is 10.1 Å². The second kappa shape index (κ2) is 6.17. The minimum Gasteiger partial charge on any atom is -0.497 e. The molecule has 0 bridgehead atoms. The summed E-state index contributed by atoms with van der Waals surface area (Å²) in [6, 6.07) is 9.08. The molecule has 3 heteroatoms. The van der Waals surface area contributed by atoms with Crippen molar-refractivity contribution in [2.24, 2.45) is 0 Å². The second-order valence-corrected chi connectivity index (χ2v) is 5.50. The van der Waals surface area contributed by atoms with E-state index in [1.807, 2.05) is 6.92 Å². The van der Waals surface area contributed by atoms with Crippen LogP contribution in [0.3, 0.4) is 0 Å². The zero-order valence-corrected chi connectivity index (χ0v) is 13.3. The van der Waals surface area contributed by atoms with Crippen LogP contribution in [0.2, 0.25) is 0 Å². The first kappa shape index (κ1) is 15.4. The summed E-state index contributed by atoms with van der Waals surface area (Å²) in [5.41, 5.74) is 5.37. The van der Waals surface area contributed by atoms with Gasteiger partial charge in [-0.1, -0.05) is 12.1 Å². The summed E-state index contributed by atoms with van der Waals surface area (Å²) in [7, 11) is 1.58. The minimum atomic E-state index is -0.274. The minimum absolute atomic E-state index is 0.0194. The van der Waals surface area contributed by atoms with Gasteiger partial charge in [0.1, 0.15) is 11.6 Å². The highest BCUT2D eigenvalue weighted by Gasteiger charge is 2.12. The van der Waals surface area contributed by atoms with Gasteiger partial charge in [-0.2, -0.15) is 0 Å². The molecule has 0 aliphatic rings. The summed E-state index contributed by atoms with van der Waals surface area (Å²) in [6.45, 7) is 8.32. The predicted octanol–water partition coefficient (Wildman–Crippen LogP) is 4.93. The molecule has 2 nitrogen and oxygen atoms in total. The number of ether oxygens (including phenoxy) is 1. The number of rotatable bonds is 4. The molecular weight excluding hydrogens is 265 g/mol. The Hall–Kier alpha value is -2.03. The van der Waals surface area contributed by atoms with Crippen LogP contribution in [-0.4, -0.2) is 7.11 Å². The maximum absolute atomic E-state index is 13.9. The molecule has 0 spiro atoms. The van der Waals surface area contributed by atoms with E-state index in [1.165, 1.54) is 28.3 Å². The summed E-state index contributed by atoms with van der Waals surface area (Å²) in [6.07, 6.45) is 0. The summed E-state index contributed by atoms with van der Waals surface area (Å²) >= 11 is 0. The third-order valence-corrected chi connectivity index (χ3v) is 3.89. The van der Waals surface area contributed by atoms with Crippen LogP contribution in [0.15, 0.2) is 30.3 Å². The molecule has 0 aromatic heterocycles. The van der Waals surface area contributed by atoms with E-state index >= 15 is 0 Å². The zero-order valence-electron chi connectivity index (χ0n) is 13.3. The standard InChI is InChI=1S/C18H22FNO/c1-11-8-13(3)16(9-12(11)2)14(4)20-18-10-15(21-5)6-7-17(18)19/h6-10,14,20H,1-5H3. The Bertz CT molecular complexity index is 652. The molecule has 21 heavy (non-hydrogen) atoms. The van der Waals surface area contributed by atoms with Gasteiger partial charge in [-0.05, 0) is 62.1 Å². The Morgan fingerprint density at radius 2 is 1.67 bits per heavy atom. The largest absolute Gasteiger partial charge is 0.497 e. The van der Waals surface area contributed by atoms with E-state index in [-0.39, 0.29) is 11.9 Å². The van der Waals surface area contributed by atoms with Crippen molar-refractivity contribution in [3.63, 3.8) is 0 Å². The van der Waals surface area contributed by atoms with Crippen molar-refractivity contribution in [2.45, 2.75) is 33.7 Å². The monoisotopic (exact) mass is 287 g/mol. The molecule has 1 unspecified atom stereocenters. The average molecular weight is 287 g/mol. The topological polar surface area (TPSA) is 21.3 Å². The van der Waals surface area contributed by atoms with Crippen LogP contribution in [0.25, 0.3) is 0 Å². The van der Waals surface area contributed by atoms with Gasteiger partial charge in [0, 0.05) is 12.1 Å². The average Bonchev–Trinajstić information content (AvgIpc) is 2.45. The highest BCUT2D eigenvalue weighted by atomic mass is 19.1. The number of nitrogens with one attached hydrogen (secondary N) is 1. The first-order valence-corrected chi connectivity index (χ1v) is 7.10. The van der Waals surface area contributed by atoms with Crippen molar-refractivity contribution in [1.82, 2.24) is 0 Å². The molecule has 2 aromatic carbocycles.